The van der Waals surface area contributed by atoms with Crippen molar-refractivity contribution in [2.24, 2.45) is 0 Å². The largest absolute Gasteiger partial charge is 0.462 e. The van der Waals surface area contributed by atoms with Crippen molar-refractivity contribution in [1.29, 1.82) is 0 Å². The Bertz CT molecular complexity index is 607. The summed E-state index contributed by atoms with van der Waals surface area (Å²) < 4.78 is 6.30. The maximum atomic E-state index is 11.7. The smallest absolute Gasteiger partial charge is 0.341 e. The van der Waals surface area contributed by atoms with Crippen molar-refractivity contribution in [2.75, 3.05) is 6.61 Å². The molecule has 0 spiro atoms. The van der Waals surface area contributed by atoms with E-state index in [0.717, 1.165) is 0 Å². The first-order valence-electron chi connectivity index (χ1n) is 5.45. The van der Waals surface area contributed by atoms with Crippen LogP contribution in [0.5, 0.6) is 0 Å². The summed E-state index contributed by atoms with van der Waals surface area (Å²) in [5.41, 5.74) is 0.901. The number of carbonyl (C=O) groups is 1. The van der Waals surface area contributed by atoms with Gasteiger partial charge in [0, 0.05) is 6.07 Å². The number of ether oxygens (including phenoxy) is 1. The highest BCUT2D eigenvalue weighted by molar-refractivity contribution is 6.33. The van der Waals surface area contributed by atoms with Crippen LogP contribution in [0.2, 0.25) is 10.3 Å². The third kappa shape index (κ3) is 2.85. The van der Waals surface area contributed by atoms with E-state index in [-0.39, 0.29) is 16.3 Å². The molecule has 0 saturated carbocycles. The third-order valence-electron chi connectivity index (χ3n) is 2.35. The van der Waals surface area contributed by atoms with Gasteiger partial charge < -0.3 is 4.74 Å². The number of carbonyl (C=O) groups excluding carboxylic acids is 1. The Balaban J connectivity index is 2.44. The standard InChI is InChI=1S/C11H10Cl2N4O2/c1-3-19-10(18)7-5-14-17(6(7)2)11-15-8(12)4-9(13)16-11/h4-5H,3H2,1-2H3. The summed E-state index contributed by atoms with van der Waals surface area (Å²) in [6.45, 7) is 3.73. The van der Waals surface area contributed by atoms with Crippen molar-refractivity contribution >= 4 is 29.2 Å². The molecule has 0 aliphatic rings. The van der Waals surface area contributed by atoms with Gasteiger partial charge in [-0.3, -0.25) is 0 Å². The van der Waals surface area contributed by atoms with Crippen molar-refractivity contribution in [3.8, 4) is 5.95 Å². The highest BCUT2D eigenvalue weighted by Crippen LogP contribution is 2.17. The zero-order valence-electron chi connectivity index (χ0n) is 10.2. The number of hydrogen-bond donors (Lipinski definition) is 0. The molecule has 0 fully saturated rings. The Kier molecular flexibility index (Phi) is 4.01. The van der Waals surface area contributed by atoms with Gasteiger partial charge in [-0.05, 0) is 13.8 Å². The van der Waals surface area contributed by atoms with Gasteiger partial charge in [0.15, 0.2) is 0 Å². The minimum atomic E-state index is -0.445. The number of nitrogens with zero attached hydrogens (tertiary/aromatic N) is 4. The van der Waals surface area contributed by atoms with Crippen LogP contribution in [0.1, 0.15) is 23.0 Å². The average Bonchev–Trinajstić information content (AvgIpc) is 2.70. The quantitative estimate of drug-likeness (QED) is 0.643. The molecule has 0 saturated heterocycles. The fourth-order valence-corrected chi connectivity index (χ4v) is 1.91. The first kappa shape index (κ1) is 13.8. The number of rotatable bonds is 3. The summed E-state index contributed by atoms with van der Waals surface area (Å²) >= 11 is 11.6. The van der Waals surface area contributed by atoms with Gasteiger partial charge in [-0.25, -0.2) is 9.48 Å². The predicted molar refractivity (Wildman–Crippen MR) is 69.9 cm³/mol. The first-order chi connectivity index (χ1) is 9.02. The van der Waals surface area contributed by atoms with Crippen LogP contribution in [0.4, 0.5) is 0 Å². The molecule has 0 bridgehead atoms. The molecule has 2 aromatic heterocycles. The van der Waals surface area contributed by atoms with Crippen LogP contribution in [0.15, 0.2) is 12.3 Å². The molecule has 0 amide bonds. The second-order valence-electron chi connectivity index (χ2n) is 3.59. The predicted octanol–water partition coefficient (Wildman–Crippen LogP) is 2.45. The fraction of sp³-hybridized carbons (Fsp3) is 0.273. The van der Waals surface area contributed by atoms with E-state index in [1.165, 1.54) is 16.9 Å². The second kappa shape index (κ2) is 5.54. The molecule has 0 atom stereocenters. The summed E-state index contributed by atoms with van der Waals surface area (Å²) in [6, 6.07) is 1.41. The van der Waals surface area contributed by atoms with Crippen LogP contribution in [-0.4, -0.2) is 32.3 Å². The Morgan fingerprint density at radius 3 is 2.58 bits per heavy atom. The van der Waals surface area contributed by atoms with Crippen LogP contribution in [0.3, 0.4) is 0 Å². The highest BCUT2D eigenvalue weighted by Gasteiger charge is 2.17. The Morgan fingerprint density at radius 2 is 2.00 bits per heavy atom. The molecule has 0 aliphatic carbocycles. The zero-order valence-corrected chi connectivity index (χ0v) is 11.7. The van der Waals surface area contributed by atoms with Crippen molar-refractivity contribution in [3.63, 3.8) is 0 Å². The average molecular weight is 301 g/mol. The number of esters is 1. The van der Waals surface area contributed by atoms with E-state index in [4.69, 9.17) is 27.9 Å². The molecule has 0 unspecified atom stereocenters. The SMILES string of the molecule is CCOC(=O)c1cnn(-c2nc(Cl)cc(Cl)n2)c1C. The molecule has 2 heterocycles. The first-order valence-corrected chi connectivity index (χ1v) is 6.20. The van der Waals surface area contributed by atoms with E-state index in [0.29, 0.717) is 17.9 Å². The van der Waals surface area contributed by atoms with Crippen molar-refractivity contribution < 1.29 is 9.53 Å². The van der Waals surface area contributed by atoms with Crippen molar-refractivity contribution in [3.05, 3.63) is 33.8 Å². The summed E-state index contributed by atoms with van der Waals surface area (Å²) in [6.07, 6.45) is 1.39. The van der Waals surface area contributed by atoms with Crippen molar-refractivity contribution in [1.82, 2.24) is 19.7 Å². The van der Waals surface area contributed by atoms with E-state index in [1.54, 1.807) is 13.8 Å². The Labute approximate surface area is 119 Å². The topological polar surface area (TPSA) is 69.9 Å². The van der Waals surface area contributed by atoms with Crippen LogP contribution >= 0.6 is 23.2 Å². The van der Waals surface area contributed by atoms with Gasteiger partial charge in [-0.15, -0.1) is 0 Å². The summed E-state index contributed by atoms with van der Waals surface area (Å²) in [5.74, 6) is -0.245. The van der Waals surface area contributed by atoms with E-state index >= 15 is 0 Å². The van der Waals surface area contributed by atoms with Gasteiger partial charge in [0.2, 0.25) is 0 Å². The second-order valence-corrected chi connectivity index (χ2v) is 4.36. The molecule has 0 radical (unpaired) electrons. The van der Waals surface area contributed by atoms with E-state index < -0.39 is 5.97 Å². The van der Waals surface area contributed by atoms with Crippen molar-refractivity contribution in [2.45, 2.75) is 13.8 Å². The Hall–Kier alpha value is -1.66. The molecule has 0 aliphatic heterocycles. The minimum Gasteiger partial charge on any atom is -0.462 e. The molecule has 2 aromatic rings. The van der Waals surface area contributed by atoms with Gasteiger partial charge in [0.25, 0.3) is 5.95 Å². The summed E-state index contributed by atoms with van der Waals surface area (Å²) in [7, 11) is 0. The molecular formula is C11H10Cl2N4O2. The van der Waals surface area contributed by atoms with Gasteiger partial charge in [-0.1, -0.05) is 23.2 Å². The van der Waals surface area contributed by atoms with Crippen LogP contribution in [0.25, 0.3) is 5.95 Å². The molecule has 6 nitrogen and oxygen atoms in total. The molecule has 0 N–H and O–H groups in total. The van der Waals surface area contributed by atoms with Gasteiger partial charge in [0.05, 0.1) is 18.5 Å². The lowest BCUT2D eigenvalue weighted by Crippen LogP contribution is -2.08. The summed E-state index contributed by atoms with van der Waals surface area (Å²) in [4.78, 5) is 19.7. The lowest BCUT2D eigenvalue weighted by molar-refractivity contribution is 0.0525. The zero-order chi connectivity index (χ0) is 14.0. The third-order valence-corrected chi connectivity index (χ3v) is 2.73. The monoisotopic (exact) mass is 300 g/mol. The normalized spacial score (nSPS) is 10.5. The lowest BCUT2D eigenvalue weighted by Gasteiger charge is -2.04. The van der Waals surface area contributed by atoms with E-state index in [2.05, 4.69) is 15.1 Å². The Morgan fingerprint density at radius 1 is 1.37 bits per heavy atom. The summed E-state index contributed by atoms with van der Waals surface area (Å²) in [5, 5.41) is 4.44. The molecular weight excluding hydrogens is 291 g/mol. The molecule has 8 heteroatoms. The lowest BCUT2D eigenvalue weighted by atomic mass is 10.3. The molecule has 19 heavy (non-hydrogen) atoms. The fourth-order valence-electron chi connectivity index (χ4n) is 1.49. The van der Waals surface area contributed by atoms with E-state index in [9.17, 15) is 4.79 Å². The molecule has 2 rings (SSSR count). The maximum Gasteiger partial charge on any atom is 0.341 e. The number of halogens is 2. The van der Waals surface area contributed by atoms with Gasteiger partial charge >= 0.3 is 5.97 Å². The highest BCUT2D eigenvalue weighted by atomic mass is 35.5. The number of hydrogen-bond acceptors (Lipinski definition) is 5. The maximum absolute atomic E-state index is 11.7. The minimum absolute atomic E-state index is 0.197. The van der Waals surface area contributed by atoms with Crippen LogP contribution in [-0.2, 0) is 4.74 Å². The van der Waals surface area contributed by atoms with Crippen LogP contribution < -0.4 is 0 Å². The van der Waals surface area contributed by atoms with Crippen LogP contribution in [0, 0.1) is 6.92 Å². The van der Waals surface area contributed by atoms with Gasteiger partial charge in [-0.2, -0.15) is 15.1 Å². The van der Waals surface area contributed by atoms with Gasteiger partial charge in [0.1, 0.15) is 15.9 Å². The molecule has 0 aromatic carbocycles. The number of aromatic nitrogens is 4. The van der Waals surface area contributed by atoms with E-state index in [1.807, 2.05) is 0 Å². The molecule has 100 valence electrons.